The quantitative estimate of drug-likeness (QED) is 0.863. The maximum atomic E-state index is 11.2. The van der Waals surface area contributed by atoms with Crippen LogP contribution in [0, 0.1) is 5.41 Å². The van der Waals surface area contributed by atoms with Crippen molar-refractivity contribution < 1.29 is 4.79 Å². The summed E-state index contributed by atoms with van der Waals surface area (Å²) in [5.74, 6) is 0.474. The summed E-state index contributed by atoms with van der Waals surface area (Å²) >= 11 is 0. The fourth-order valence-electron chi connectivity index (χ4n) is 2.24. The summed E-state index contributed by atoms with van der Waals surface area (Å²) < 4.78 is 0. The average Bonchev–Trinajstić information content (AvgIpc) is 2.24. The first kappa shape index (κ1) is 14.7. The molecule has 100 valence electrons. The van der Waals surface area contributed by atoms with E-state index in [2.05, 4.69) is 58.9 Å². The Morgan fingerprint density at radius 2 is 1.56 bits per heavy atom. The number of hydrogen-bond acceptors (Lipinski definition) is 1. The maximum absolute atomic E-state index is 11.2. The zero-order chi connectivity index (χ0) is 13.9. The van der Waals surface area contributed by atoms with Crippen LogP contribution in [0.4, 0.5) is 0 Å². The molecule has 0 heterocycles. The van der Waals surface area contributed by atoms with Crippen molar-refractivity contribution in [3.05, 3.63) is 35.4 Å². The Labute approximate surface area is 111 Å². The van der Waals surface area contributed by atoms with Gasteiger partial charge in [0, 0.05) is 6.42 Å². The number of carbonyl (C=O) groups excluding carboxylic acids is 1. The second kappa shape index (κ2) is 5.55. The molecule has 0 spiro atoms. The smallest absolute Gasteiger partial charge is 0.218 e. The fourth-order valence-corrected chi connectivity index (χ4v) is 2.24. The van der Waals surface area contributed by atoms with Crippen LogP contribution < -0.4 is 5.73 Å². The summed E-state index contributed by atoms with van der Waals surface area (Å²) in [7, 11) is 0. The standard InChI is InChI=1S/C16H25NO/c1-11(2)12-6-8-13(9-7-12)14(10-15(17)18)16(3,4)5/h6-9,11,14H,10H2,1-5H3,(H2,17,18). The van der Waals surface area contributed by atoms with Crippen LogP contribution in [-0.4, -0.2) is 5.91 Å². The normalized spacial score (nSPS) is 13.7. The minimum absolute atomic E-state index is 0.0361. The van der Waals surface area contributed by atoms with E-state index in [1.54, 1.807) is 0 Å². The third-order valence-electron chi connectivity index (χ3n) is 3.46. The van der Waals surface area contributed by atoms with Crippen molar-refractivity contribution >= 4 is 5.91 Å². The summed E-state index contributed by atoms with van der Waals surface area (Å²) in [6.45, 7) is 10.8. The van der Waals surface area contributed by atoms with E-state index in [1.807, 2.05) is 0 Å². The number of benzene rings is 1. The van der Waals surface area contributed by atoms with Crippen LogP contribution in [0.25, 0.3) is 0 Å². The van der Waals surface area contributed by atoms with Gasteiger partial charge in [-0.1, -0.05) is 58.9 Å². The van der Waals surface area contributed by atoms with Crippen LogP contribution in [0.15, 0.2) is 24.3 Å². The van der Waals surface area contributed by atoms with Gasteiger partial charge in [0.2, 0.25) is 5.91 Å². The van der Waals surface area contributed by atoms with E-state index < -0.39 is 0 Å². The molecule has 1 amide bonds. The van der Waals surface area contributed by atoms with Gasteiger partial charge in [0.15, 0.2) is 0 Å². The molecule has 0 bridgehead atoms. The molecule has 0 aliphatic carbocycles. The first-order valence-corrected chi connectivity index (χ1v) is 6.60. The number of amides is 1. The number of rotatable bonds is 4. The van der Waals surface area contributed by atoms with E-state index in [9.17, 15) is 4.79 Å². The van der Waals surface area contributed by atoms with Gasteiger partial charge in [-0.2, -0.15) is 0 Å². The van der Waals surface area contributed by atoms with Gasteiger partial charge in [0.25, 0.3) is 0 Å². The largest absolute Gasteiger partial charge is 0.370 e. The highest BCUT2D eigenvalue weighted by Gasteiger charge is 2.27. The topological polar surface area (TPSA) is 43.1 Å². The number of primary amides is 1. The Morgan fingerprint density at radius 3 is 1.89 bits per heavy atom. The molecule has 1 atom stereocenters. The zero-order valence-corrected chi connectivity index (χ0v) is 12.2. The molecule has 0 aliphatic heterocycles. The first-order chi connectivity index (χ1) is 8.21. The summed E-state index contributed by atoms with van der Waals surface area (Å²) in [6, 6.07) is 8.57. The maximum Gasteiger partial charge on any atom is 0.218 e. The van der Waals surface area contributed by atoms with E-state index in [0.29, 0.717) is 12.3 Å². The molecule has 0 saturated heterocycles. The van der Waals surface area contributed by atoms with E-state index in [1.165, 1.54) is 11.1 Å². The SMILES string of the molecule is CC(C)c1ccc(C(CC(N)=O)C(C)(C)C)cc1. The molecule has 1 rings (SSSR count). The number of carbonyl (C=O) groups is 1. The van der Waals surface area contributed by atoms with Crippen molar-refractivity contribution in [2.75, 3.05) is 0 Å². The third-order valence-corrected chi connectivity index (χ3v) is 3.46. The van der Waals surface area contributed by atoms with E-state index >= 15 is 0 Å². The molecular weight excluding hydrogens is 222 g/mol. The Hall–Kier alpha value is -1.31. The highest BCUT2D eigenvalue weighted by molar-refractivity contribution is 5.75. The molecular formula is C16H25NO. The number of nitrogens with two attached hydrogens (primary N) is 1. The Kier molecular flexibility index (Phi) is 4.55. The number of hydrogen-bond donors (Lipinski definition) is 1. The third kappa shape index (κ3) is 3.86. The highest BCUT2D eigenvalue weighted by Crippen LogP contribution is 2.37. The summed E-state index contributed by atoms with van der Waals surface area (Å²) in [5.41, 5.74) is 7.93. The van der Waals surface area contributed by atoms with Crippen molar-refractivity contribution in [1.82, 2.24) is 0 Å². The molecule has 0 aliphatic rings. The van der Waals surface area contributed by atoms with Gasteiger partial charge < -0.3 is 5.73 Å². The van der Waals surface area contributed by atoms with Crippen LogP contribution in [0.1, 0.15) is 64.0 Å². The lowest BCUT2D eigenvalue weighted by Crippen LogP contribution is -2.24. The Balaban J connectivity index is 3.02. The highest BCUT2D eigenvalue weighted by atomic mass is 16.1. The molecule has 0 saturated carbocycles. The van der Waals surface area contributed by atoms with Crippen LogP contribution >= 0.6 is 0 Å². The van der Waals surface area contributed by atoms with Gasteiger partial charge in [-0.3, -0.25) is 4.79 Å². The Bertz CT molecular complexity index is 398. The lowest BCUT2D eigenvalue weighted by atomic mass is 9.74. The van der Waals surface area contributed by atoms with Gasteiger partial charge >= 0.3 is 0 Å². The van der Waals surface area contributed by atoms with Gasteiger partial charge in [-0.15, -0.1) is 0 Å². The lowest BCUT2D eigenvalue weighted by molar-refractivity contribution is -0.118. The van der Waals surface area contributed by atoms with E-state index in [-0.39, 0.29) is 17.2 Å². The van der Waals surface area contributed by atoms with Crippen LogP contribution in [0.3, 0.4) is 0 Å². The molecule has 0 radical (unpaired) electrons. The van der Waals surface area contributed by atoms with Crippen LogP contribution in [-0.2, 0) is 4.79 Å². The summed E-state index contributed by atoms with van der Waals surface area (Å²) in [5, 5.41) is 0. The predicted molar refractivity (Wildman–Crippen MR) is 76.5 cm³/mol. The lowest BCUT2D eigenvalue weighted by Gasteiger charge is -2.30. The van der Waals surface area contributed by atoms with Crippen molar-refractivity contribution in [2.45, 2.75) is 52.9 Å². The second-order valence-corrected chi connectivity index (χ2v) is 6.41. The zero-order valence-electron chi connectivity index (χ0n) is 12.2. The minimum atomic E-state index is -0.233. The van der Waals surface area contributed by atoms with Gasteiger partial charge in [-0.05, 0) is 28.4 Å². The average molecular weight is 247 g/mol. The van der Waals surface area contributed by atoms with Gasteiger partial charge in [0.1, 0.15) is 0 Å². The van der Waals surface area contributed by atoms with Crippen molar-refractivity contribution in [3.8, 4) is 0 Å². The molecule has 2 heteroatoms. The van der Waals surface area contributed by atoms with Gasteiger partial charge in [0.05, 0.1) is 0 Å². The van der Waals surface area contributed by atoms with Gasteiger partial charge in [-0.25, -0.2) is 0 Å². The minimum Gasteiger partial charge on any atom is -0.370 e. The molecule has 0 fully saturated rings. The molecule has 1 unspecified atom stereocenters. The molecule has 1 aromatic rings. The molecule has 2 nitrogen and oxygen atoms in total. The van der Waals surface area contributed by atoms with Crippen molar-refractivity contribution in [2.24, 2.45) is 11.1 Å². The molecule has 0 aromatic heterocycles. The van der Waals surface area contributed by atoms with Crippen molar-refractivity contribution in [1.29, 1.82) is 0 Å². The van der Waals surface area contributed by atoms with Crippen molar-refractivity contribution in [3.63, 3.8) is 0 Å². The van der Waals surface area contributed by atoms with Crippen LogP contribution in [0.2, 0.25) is 0 Å². The summed E-state index contributed by atoms with van der Waals surface area (Å²) in [6.07, 6.45) is 0.407. The molecule has 18 heavy (non-hydrogen) atoms. The first-order valence-electron chi connectivity index (χ1n) is 6.60. The van der Waals surface area contributed by atoms with E-state index in [0.717, 1.165) is 0 Å². The summed E-state index contributed by atoms with van der Waals surface area (Å²) in [4.78, 5) is 11.2. The Morgan fingerprint density at radius 1 is 1.11 bits per heavy atom. The fraction of sp³-hybridized carbons (Fsp3) is 0.562. The molecule has 1 aromatic carbocycles. The monoisotopic (exact) mass is 247 g/mol. The molecule has 2 N–H and O–H groups in total. The van der Waals surface area contributed by atoms with Crippen LogP contribution in [0.5, 0.6) is 0 Å². The van der Waals surface area contributed by atoms with E-state index in [4.69, 9.17) is 5.73 Å². The predicted octanol–water partition coefficient (Wildman–Crippen LogP) is 3.82. The second-order valence-electron chi connectivity index (χ2n) is 6.41.